The van der Waals surface area contributed by atoms with Crippen LogP contribution in [0.15, 0.2) is 50.7 Å². The quantitative estimate of drug-likeness (QED) is 0.335. The van der Waals surface area contributed by atoms with E-state index >= 15 is 0 Å². The Labute approximate surface area is 246 Å². The lowest BCUT2D eigenvalue weighted by molar-refractivity contribution is 0.292. The Bertz CT molecular complexity index is 1810. The molecule has 0 spiro atoms. The van der Waals surface area contributed by atoms with Gasteiger partial charge < -0.3 is 24.5 Å². The van der Waals surface area contributed by atoms with Crippen LogP contribution >= 0.6 is 0 Å². The van der Waals surface area contributed by atoms with E-state index in [2.05, 4.69) is 20.2 Å². The number of methoxy groups -OCH3 is 1. The molecule has 2 aromatic carbocycles. The first kappa shape index (κ1) is 27.7. The Balaban J connectivity index is 0.000000283. The highest BCUT2D eigenvalue weighted by molar-refractivity contribution is 6.01. The van der Waals surface area contributed by atoms with Crippen LogP contribution in [0.1, 0.15) is 24.8 Å². The summed E-state index contributed by atoms with van der Waals surface area (Å²) in [4.78, 5) is 26.6. The highest BCUT2D eigenvalue weighted by Gasteiger charge is 2.35. The van der Waals surface area contributed by atoms with Crippen molar-refractivity contribution < 1.29 is 23.0 Å². The molecule has 4 aliphatic rings. The maximum atomic E-state index is 14.8. The van der Waals surface area contributed by atoms with Crippen LogP contribution < -0.4 is 20.6 Å². The first-order chi connectivity index (χ1) is 20.8. The lowest BCUT2D eigenvalue weighted by Gasteiger charge is -2.21. The van der Waals surface area contributed by atoms with E-state index in [1.807, 2.05) is 4.90 Å². The summed E-state index contributed by atoms with van der Waals surface area (Å²) in [5, 5.41) is 14.6. The number of hydrogen-bond donors (Lipinski definition) is 2. The molecule has 43 heavy (non-hydrogen) atoms. The average Bonchev–Trinajstić information content (AvgIpc) is 3.76. The van der Waals surface area contributed by atoms with Crippen molar-refractivity contribution in [2.24, 2.45) is 0 Å². The molecule has 2 unspecified atom stereocenters. The summed E-state index contributed by atoms with van der Waals surface area (Å²) in [6.45, 7) is 6.55. The van der Waals surface area contributed by atoms with Gasteiger partial charge in [-0.25, -0.2) is 13.6 Å². The number of aromatic nitrogens is 2. The van der Waals surface area contributed by atoms with Gasteiger partial charge in [0.05, 0.1) is 12.6 Å². The minimum Gasteiger partial charge on any atom is -0.508 e. The summed E-state index contributed by atoms with van der Waals surface area (Å²) in [6.07, 6.45) is 2.81. The number of anilines is 1. The van der Waals surface area contributed by atoms with Crippen molar-refractivity contribution in [3.8, 4) is 23.1 Å². The number of ether oxygens (including phenoxy) is 1. The van der Waals surface area contributed by atoms with Gasteiger partial charge >= 0.3 is 11.6 Å². The number of aromatic hydroxyl groups is 1. The molecule has 0 bridgehead atoms. The van der Waals surface area contributed by atoms with Crippen molar-refractivity contribution in [2.45, 2.75) is 38.4 Å². The molecule has 2 aromatic heterocycles. The maximum absolute atomic E-state index is 14.8. The summed E-state index contributed by atoms with van der Waals surface area (Å²) < 4.78 is 38.6. The molecule has 2 N–H and O–H groups in total. The molecule has 8 rings (SSSR count). The number of rotatable bonds is 3. The highest BCUT2D eigenvalue weighted by Crippen LogP contribution is 2.39. The van der Waals surface area contributed by atoms with Crippen molar-refractivity contribution in [3.05, 3.63) is 63.3 Å². The van der Waals surface area contributed by atoms with E-state index in [-0.39, 0.29) is 33.9 Å². The summed E-state index contributed by atoms with van der Waals surface area (Å²) in [7, 11) is 1.47. The largest absolute Gasteiger partial charge is 0.508 e. The van der Waals surface area contributed by atoms with Crippen molar-refractivity contribution >= 4 is 27.5 Å². The van der Waals surface area contributed by atoms with E-state index < -0.39 is 17.6 Å². The molecular weight excluding hydrogens is 556 g/mol. The maximum Gasteiger partial charge on any atom is 0.349 e. The normalized spacial score (nSPS) is 21.4. The summed E-state index contributed by atoms with van der Waals surface area (Å²) in [5.74, 6) is 0.0392. The Morgan fingerprint density at radius 1 is 1.14 bits per heavy atom. The number of phenols is 1. The summed E-state index contributed by atoms with van der Waals surface area (Å²) in [5.41, 5.74) is 3.12. The second kappa shape index (κ2) is 10.9. The fourth-order valence-corrected chi connectivity index (χ4v) is 6.98. The van der Waals surface area contributed by atoms with Gasteiger partial charge in [0.15, 0.2) is 5.82 Å². The molecule has 0 amide bonds. The van der Waals surface area contributed by atoms with Crippen LogP contribution in [0.4, 0.5) is 14.6 Å². The van der Waals surface area contributed by atoms with Gasteiger partial charge in [0.25, 0.3) is 0 Å². The molecule has 0 saturated carbocycles. The van der Waals surface area contributed by atoms with Gasteiger partial charge in [-0.2, -0.15) is 9.97 Å². The number of aryl methyl sites for hydroxylation is 1. The fourth-order valence-electron chi connectivity index (χ4n) is 6.98. The zero-order valence-electron chi connectivity index (χ0n) is 24.1. The topological polar surface area (TPSA) is 104 Å². The monoisotopic (exact) mass is 589 g/mol. The molecule has 6 heterocycles. The molecule has 4 aliphatic heterocycles. The molecule has 0 radical (unpaired) electrons. The number of hydrogen-bond acceptors (Lipinski definition) is 9. The van der Waals surface area contributed by atoms with Gasteiger partial charge in [0.2, 0.25) is 0 Å². The smallest absolute Gasteiger partial charge is 0.349 e. The molecule has 4 aromatic rings. The van der Waals surface area contributed by atoms with Gasteiger partial charge in [0, 0.05) is 55.3 Å². The predicted molar refractivity (Wildman–Crippen MR) is 160 cm³/mol. The Morgan fingerprint density at radius 2 is 1.93 bits per heavy atom. The second-order valence-corrected chi connectivity index (χ2v) is 11.7. The van der Waals surface area contributed by atoms with E-state index in [0.717, 1.165) is 26.1 Å². The lowest BCUT2D eigenvalue weighted by Crippen LogP contribution is -2.28. The molecule has 11 heteroatoms. The van der Waals surface area contributed by atoms with Gasteiger partial charge in [-0.1, -0.05) is 12.1 Å². The number of phenolic OH excluding ortho intramolecular Hbond substituents is 1. The van der Waals surface area contributed by atoms with E-state index in [1.165, 1.54) is 49.3 Å². The van der Waals surface area contributed by atoms with Crippen LogP contribution in [0.25, 0.3) is 33.0 Å². The van der Waals surface area contributed by atoms with Gasteiger partial charge in [0.1, 0.15) is 28.9 Å². The number of alkyl halides is 1. The number of fused-ring (bicyclic) bond motifs is 3. The zero-order chi connectivity index (χ0) is 29.8. The Kier molecular flexibility index (Phi) is 7.01. The number of nitrogens with zero attached hydrogens (tertiary/aromatic N) is 4. The third kappa shape index (κ3) is 4.90. The molecule has 2 fully saturated rings. The van der Waals surface area contributed by atoms with Crippen LogP contribution in [0, 0.1) is 12.7 Å². The van der Waals surface area contributed by atoms with Crippen LogP contribution in [-0.2, 0) is 0 Å². The van der Waals surface area contributed by atoms with Gasteiger partial charge in [-0.05, 0) is 67.5 Å². The van der Waals surface area contributed by atoms with Crippen molar-refractivity contribution in [1.29, 1.82) is 0 Å². The van der Waals surface area contributed by atoms with E-state index in [4.69, 9.17) is 9.15 Å². The Morgan fingerprint density at radius 3 is 2.67 bits per heavy atom. The lowest BCUT2D eigenvalue weighted by atomic mass is 9.98. The molecule has 0 aliphatic carbocycles. The predicted octanol–water partition coefficient (Wildman–Crippen LogP) is 4.48. The number of halogens is 2. The fraction of sp³-hybridized carbons (Fsp3) is 0.406. The molecule has 224 valence electrons. The first-order valence-corrected chi connectivity index (χ1v) is 14.6. The third-order valence-electron chi connectivity index (χ3n) is 9.00. The zero-order valence-corrected chi connectivity index (χ0v) is 24.1. The van der Waals surface area contributed by atoms with Crippen LogP contribution in [0.2, 0.25) is 0 Å². The van der Waals surface area contributed by atoms with Crippen molar-refractivity contribution in [1.82, 2.24) is 20.2 Å². The Hall–Kier alpha value is -4.09. The van der Waals surface area contributed by atoms with E-state index in [0.29, 0.717) is 48.0 Å². The van der Waals surface area contributed by atoms with E-state index in [1.54, 1.807) is 19.1 Å². The highest BCUT2D eigenvalue weighted by atomic mass is 19.1. The molecule has 2 saturated heterocycles. The van der Waals surface area contributed by atoms with Crippen LogP contribution in [-0.4, -0.2) is 78.6 Å². The third-order valence-corrected chi connectivity index (χ3v) is 9.00. The first-order valence-electron chi connectivity index (χ1n) is 14.6. The summed E-state index contributed by atoms with van der Waals surface area (Å²) in [6, 6.07) is 8.17. The van der Waals surface area contributed by atoms with E-state index in [9.17, 15) is 18.7 Å². The summed E-state index contributed by atoms with van der Waals surface area (Å²) >= 11 is 0. The van der Waals surface area contributed by atoms with Crippen molar-refractivity contribution in [2.75, 3.05) is 51.3 Å². The molecular formula is C32H33F2N5O4. The standard InChI is InChI=1S/C25H21FN4O4.C7H12FN/c1-12-21-20(23(29-25(28-21)33-2)30-10-14-8-27-9-15(14)11-30)24(32)34-22(12)17-7-16(31)6-13-4-3-5-18(26)19(13)17;8-6-4-7-2-1-3-9(7)5-6/h3-7,27,31H,8-11H2,1-2H3;6-7H,1-5H2. The SMILES string of the molecule is COc1nc(N2CC3=C(CNC3)C2)c2c(=O)oc(-c3cc(O)cc4cccc(F)c34)c(C)c2n1.FC1CC2CCCN2C1. The van der Waals surface area contributed by atoms with Crippen LogP contribution in [0.5, 0.6) is 11.8 Å². The van der Waals surface area contributed by atoms with Gasteiger partial charge in [-0.15, -0.1) is 0 Å². The molecule has 9 nitrogen and oxygen atoms in total. The second-order valence-electron chi connectivity index (χ2n) is 11.7. The minimum atomic E-state index is -0.633. The molecule has 2 atom stereocenters. The van der Waals surface area contributed by atoms with Crippen molar-refractivity contribution in [3.63, 3.8) is 0 Å². The average molecular weight is 590 g/mol. The van der Waals surface area contributed by atoms with Crippen LogP contribution in [0.3, 0.4) is 0 Å². The number of benzene rings is 2. The number of nitrogens with one attached hydrogen (secondary N) is 1. The minimum absolute atomic E-state index is 0.0672. The van der Waals surface area contributed by atoms with Gasteiger partial charge in [-0.3, -0.25) is 4.90 Å².